The Labute approximate surface area is 192 Å². The highest BCUT2D eigenvalue weighted by molar-refractivity contribution is 6.30. The number of amides is 1. The SMILES string of the molecule is O=C(c1cnn(-c2ccc(Cl)cc2)c1C1CCNCC1)N1CC[C@H](c2ccc(F)cc2)C1. The van der Waals surface area contributed by atoms with Gasteiger partial charge >= 0.3 is 0 Å². The lowest BCUT2D eigenvalue weighted by molar-refractivity contribution is 0.0788. The summed E-state index contributed by atoms with van der Waals surface area (Å²) in [5.74, 6) is 0.293. The van der Waals surface area contributed by atoms with Gasteiger partial charge in [0.05, 0.1) is 23.1 Å². The molecule has 0 radical (unpaired) electrons. The molecule has 2 aliphatic heterocycles. The number of nitrogens with zero attached hydrogens (tertiary/aromatic N) is 3. The summed E-state index contributed by atoms with van der Waals surface area (Å²) in [6.45, 7) is 3.20. The molecule has 2 saturated heterocycles. The molecule has 5 rings (SSSR count). The van der Waals surface area contributed by atoms with Crippen LogP contribution in [0.25, 0.3) is 5.69 Å². The molecule has 0 bridgehead atoms. The Kier molecular flexibility index (Phi) is 5.98. The molecule has 2 fully saturated rings. The van der Waals surface area contributed by atoms with Crippen LogP contribution in [0.4, 0.5) is 4.39 Å². The molecule has 0 saturated carbocycles. The van der Waals surface area contributed by atoms with E-state index in [4.69, 9.17) is 11.6 Å². The van der Waals surface area contributed by atoms with Crippen molar-refractivity contribution in [1.29, 1.82) is 0 Å². The van der Waals surface area contributed by atoms with Crippen molar-refractivity contribution in [3.05, 3.63) is 82.4 Å². The molecule has 2 aromatic carbocycles. The molecule has 1 amide bonds. The predicted molar refractivity (Wildman–Crippen MR) is 123 cm³/mol. The van der Waals surface area contributed by atoms with Gasteiger partial charge < -0.3 is 10.2 Å². The van der Waals surface area contributed by atoms with Crippen molar-refractivity contribution in [3.63, 3.8) is 0 Å². The van der Waals surface area contributed by atoms with Crippen LogP contribution >= 0.6 is 11.6 Å². The third-order valence-corrected chi connectivity index (χ3v) is 6.90. The van der Waals surface area contributed by atoms with E-state index >= 15 is 0 Å². The number of likely N-dealkylation sites (tertiary alicyclic amines) is 1. The molecule has 5 nitrogen and oxygen atoms in total. The molecule has 0 spiro atoms. The number of nitrogens with one attached hydrogen (secondary N) is 1. The van der Waals surface area contributed by atoms with Crippen molar-refractivity contribution in [2.75, 3.05) is 26.2 Å². The molecule has 32 heavy (non-hydrogen) atoms. The van der Waals surface area contributed by atoms with Crippen molar-refractivity contribution >= 4 is 17.5 Å². The standard InChI is InChI=1S/C25H26ClFN4O/c26-20-3-7-22(8-4-20)31-24(18-9-12-28-13-10-18)23(15-29-31)25(32)30-14-11-19(16-30)17-1-5-21(27)6-2-17/h1-8,15,18-19,28H,9-14,16H2/t19-/m0/s1. The van der Waals surface area contributed by atoms with Gasteiger partial charge in [0.1, 0.15) is 5.82 Å². The average molecular weight is 453 g/mol. The van der Waals surface area contributed by atoms with Gasteiger partial charge in [-0.15, -0.1) is 0 Å². The lowest BCUT2D eigenvalue weighted by Gasteiger charge is -2.26. The highest BCUT2D eigenvalue weighted by atomic mass is 35.5. The third kappa shape index (κ3) is 4.17. The molecule has 1 N–H and O–H groups in total. The highest BCUT2D eigenvalue weighted by Gasteiger charge is 2.33. The molecular weight excluding hydrogens is 427 g/mol. The fourth-order valence-electron chi connectivity index (χ4n) is 4.92. The number of piperidine rings is 1. The van der Waals surface area contributed by atoms with Crippen molar-refractivity contribution in [1.82, 2.24) is 20.0 Å². The van der Waals surface area contributed by atoms with E-state index in [9.17, 15) is 9.18 Å². The monoisotopic (exact) mass is 452 g/mol. The number of aromatic nitrogens is 2. The quantitative estimate of drug-likeness (QED) is 0.620. The molecule has 2 aliphatic rings. The second-order valence-corrected chi connectivity index (χ2v) is 9.08. The first kappa shape index (κ1) is 21.2. The summed E-state index contributed by atoms with van der Waals surface area (Å²) in [7, 11) is 0. The van der Waals surface area contributed by atoms with E-state index in [-0.39, 0.29) is 23.6 Å². The van der Waals surface area contributed by atoms with Crippen molar-refractivity contribution in [2.24, 2.45) is 0 Å². The van der Waals surface area contributed by atoms with Crippen LogP contribution in [-0.4, -0.2) is 46.8 Å². The fourth-order valence-corrected chi connectivity index (χ4v) is 5.05. The average Bonchev–Trinajstić information content (AvgIpc) is 3.48. The molecule has 1 atom stereocenters. The van der Waals surface area contributed by atoms with Crippen LogP contribution in [0.3, 0.4) is 0 Å². The van der Waals surface area contributed by atoms with E-state index in [0.717, 1.165) is 49.3 Å². The zero-order valence-corrected chi connectivity index (χ0v) is 18.6. The Bertz CT molecular complexity index is 1090. The van der Waals surface area contributed by atoms with Gasteiger partial charge in [0, 0.05) is 29.9 Å². The molecule has 166 valence electrons. The molecular formula is C25H26ClFN4O. The summed E-state index contributed by atoms with van der Waals surface area (Å²) < 4.78 is 15.2. The van der Waals surface area contributed by atoms with Crippen LogP contribution in [0, 0.1) is 5.82 Å². The van der Waals surface area contributed by atoms with Gasteiger partial charge in [-0.25, -0.2) is 9.07 Å². The Morgan fingerprint density at radius 2 is 1.72 bits per heavy atom. The summed E-state index contributed by atoms with van der Waals surface area (Å²) in [6.07, 6.45) is 4.54. The highest BCUT2D eigenvalue weighted by Crippen LogP contribution is 2.33. The van der Waals surface area contributed by atoms with Crippen LogP contribution < -0.4 is 5.32 Å². The number of benzene rings is 2. The number of rotatable bonds is 4. The van der Waals surface area contributed by atoms with Crippen molar-refractivity contribution in [2.45, 2.75) is 31.1 Å². The third-order valence-electron chi connectivity index (χ3n) is 6.65. The summed E-state index contributed by atoms with van der Waals surface area (Å²) in [5, 5.41) is 8.71. The Hall–Kier alpha value is -2.70. The van der Waals surface area contributed by atoms with Crippen molar-refractivity contribution in [3.8, 4) is 5.69 Å². The van der Waals surface area contributed by atoms with Gasteiger partial charge in [-0.3, -0.25) is 4.79 Å². The lowest BCUT2D eigenvalue weighted by atomic mass is 9.91. The van der Waals surface area contributed by atoms with E-state index in [1.807, 2.05) is 46.0 Å². The minimum atomic E-state index is -0.235. The Balaban J connectivity index is 1.44. The van der Waals surface area contributed by atoms with Crippen LogP contribution in [0.1, 0.15) is 52.7 Å². The van der Waals surface area contributed by atoms with Crippen LogP contribution in [0.5, 0.6) is 0 Å². The summed E-state index contributed by atoms with van der Waals surface area (Å²) >= 11 is 6.08. The predicted octanol–water partition coefficient (Wildman–Crippen LogP) is 4.76. The first-order chi connectivity index (χ1) is 15.6. The van der Waals surface area contributed by atoms with Crippen LogP contribution in [0.2, 0.25) is 5.02 Å². The van der Waals surface area contributed by atoms with Gasteiger partial charge in [-0.1, -0.05) is 23.7 Å². The number of carbonyl (C=O) groups is 1. The zero-order chi connectivity index (χ0) is 22.1. The summed E-state index contributed by atoms with van der Waals surface area (Å²) in [6, 6.07) is 14.2. The molecule has 3 heterocycles. The van der Waals surface area contributed by atoms with Gasteiger partial charge in [0.2, 0.25) is 0 Å². The largest absolute Gasteiger partial charge is 0.338 e. The Morgan fingerprint density at radius 3 is 2.44 bits per heavy atom. The van der Waals surface area contributed by atoms with E-state index in [0.29, 0.717) is 23.7 Å². The van der Waals surface area contributed by atoms with E-state index < -0.39 is 0 Å². The van der Waals surface area contributed by atoms with E-state index in [1.165, 1.54) is 12.1 Å². The second-order valence-electron chi connectivity index (χ2n) is 8.64. The number of hydrogen-bond acceptors (Lipinski definition) is 3. The minimum Gasteiger partial charge on any atom is -0.338 e. The first-order valence-electron chi connectivity index (χ1n) is 11.2. The fraction of sp³-hybridized carbons (Fsp3) is 0.360. The van der Waals surface area contributed by atoms with Crippen LogP contribution in [-0.2, 0) is 0 Å². The van der Waals surface area contributed by atoms with Gasteiger partial charge in [-0.2, -0.15) is 5.10 Å². The van der Waals surface area contributed by atoms with Crippen molar-refractivity contribution < 1.29 is 9.18 Å². The number of carbonyl (C=O) groups excluding carboxylic acids is 1. The van der Waals surface area contributed by atoms with Gasteiger partial charge in [0.15, 0.2) is 0 Å². The first-order valence-corrected chi connectivity index (χ1v) is 11.6. The molecule has 7 heteroatoms. The number of halogens is 2. The summed E-state index contributed by atoms with van der Waals surface area (Å²) in [4.78, 5) is 15.5. The molecule has 0 unspecified atom stereocenters. The molecule has 0 aliphatic carbocycles. The summed E-state index contributed by atoms with van der Waals surface area (Å²) in [5.41, 5.74) is 3.67. The maximum atomic E-state index is 13.6. The molecule has 3 aromatic rings. The van der Waals surface area contributed by atoms with Gasteiger partial charge in [0.25, 0.3) is 5.91 Å². The second kappa shape index (κ2) is 9.04. The lowest BCUT2D eigenvalue weighted by Crippen LogP contribution is -2.32. The molecule has 1 aromatic heterocycles. The maximum absolute atomic E-state index is 13.6. The Morgan fingerprint density at radius 1 is 1.00 bits per heavy atom. The normalized spacial score (nSPS) is 19.4. The van der Waals surface area contributed by atoms with Crippen LogP contribution in [0.15, 0.2) is 54.7 Å². The van der Waals surface area contributed by atoms with E-state index in [2.05, 4.69) is 10.4 Å². The maximum Gasteiger partial charge on any atom is 0.257 e. The van der Waals surface area contributed by atoms with E-state index in [1.54, 1.807) is 6.20 Å². The van der Waals surface area contributed by atoms with Gasteiger partial charge in [-0.05, 0) is 74.3 Å². The topological polar surface area (TPSA) is 50.2 Å². The number of hydrogen-bond donors (Lipinski definition) is 1. The minimum absolute atomic E-state index is 0.0309. The zero-order valence-electron chi connectivity index (χ0n) is 17.8. The smallest absolute Gasteiger partial charge is 0.257 e.